The van der Waals surface area contributed by atoms with Gasteiger partial charge in [-0.3, -0.25) is 0 Å². The molecule has 2 N–H and O–H groups in total. The first-order valence-corrected chi connectivity index (χ1v) is 3.71. The fourth-order valence-corrected chi connectivity index (χ4v) is 1.46. The Hall–Kier alpha value is -0.710. The first-order valence-electron chi connectivity index (χ1n) is 3.71. The summed E-state index contributed by atoms with van der Waals surface area (Å²) in [5.41, 5.74) is 0. The van der Waals surface area contributed by atoms with Crippen molar-refractivity contribution < 1.29 is 23.8 Å². The Kier molecular flexibility index (Phi) is 2.32. The average Bonchev–Trinajstić information content (AvgIpc) is 2.28. The monoisotopic (exact) mass is 180 g/mol. The van der Waals surface area contributed by atoms with Crippen molar-refractivity contribution in [2.45, 2.75) is 31.3 Å². The SMILES string of the molecule is O=C(O)C(O)C1CCC(F)(F)C1. The van der Waals surface area contributed by atoms with E-state index in [1.54, 1.807) is 0 Å². The summed E-state index contributed by atoms with van der Waals surface area (Å²) in [6, 6.07) is 0. The van der Waals surface area contributed by atoms with E-state index in [0.29, 0.717) is 0 Å². The Morgan fingerprint density at radius 2 is 2.17 bits per heavy atom. The highest BCUT2D eigenvalue weighted by Crippen LogP contribution is 2.40. The van der Waals surface area contributed by atoms with Gasteiger partial charge in [-0.05, 0) is 6.42 Å². The molecule has 0 aromatic heterocycles. The molecule has 0 bridgehead atoms. The van der Waals surface area contributed by atoms with E-state index in [0.717, 1.165) is 0 Å². The number of carbonyl (C=O) groups is 1. The van der Waals surface area contributed by atoms with Crippen LogP contribution in [0.4, 0.5) is 8.78 Å². The van der Waals surface area contributed by atoms with E-state index in [-0.39, 0.29) is 12.8 Å². The zero-order valence-corrected chi connectivity index (χ0v) is 6.33. The number of aliphatic carboxylic acids is 1. The molecule has 3 nitrogen and oxygen atoms in total. The van der Waals surface area contributed by atoms with E-state index in [9.17, 15) is 13.6 Å². The first kappa shape index (κ1) is 9.38. The lowest BCUT2D eigenvalue weighted by Crippen LogP contribution is -2.28. The van der Waals surface area contributed by atoms with Gasteiger partial charge in [0.2, 0.25) is 5.92 Å². The number of carboxylic acid groups (broad SMARTS) is 1. The van der Waals surface area contributed by atoms with Crippen molar-refractivity contribution in [3.05, 3.63) is 0 Å². The molecular weight excluding hydrogens is 170 g/mol. The van der Waals surface area contributed by atoms with Crippen LogP contribution in [-0.4, -0.2) is 28.2 Å². The lowest BCUT2D eigenvalue weighted by atomic mass is 10.0. The molecule has 1 fully saturated rings. The quantitative estimate of drug-likeness (QED) is 0.662. The lowest BCUT2D eigenvalue weighted by molar-refractivity contribution is -0.149. The van der Waals surface area contributed by atoms with E-state index in [1.807, 2.05) is 0 Å². The van der Waals surface area contributed by atoms with Crippen LogP contribution in [0.15, 0.2) is 0 Å². The second-order valence-electron chi connectivity index (χ2n) is 3.14. The molecule has 0 heterocycles. The third-order valence-corrected chi connectivity index (χ3v) is 2.14. The van der Waals surface area contributed by atoms with Crippen LogP contribution in [-0.2, 0) is 4.79 Å². The molecule has 2 atom stereocenters. The number of hydrogen-bond acceptors (Lipinski definition) is 2. The highest BCUT2D eigenvalue weighted by Gasteiger charge is 2.43. The zero-order valence-electron chi connectivity index (χ0n) is 6.33. The minimum atomic E-state index is -2.79. The molecule has 0 saturated heterocycles. The zero-order chi connectivity index (χ0) is 9.35. The van der Waals surface area contributed by atoms with Crippen LogP contribution in [0, 0.1) is 5.92 Å². The van der Waals surface area contributed by atoms with Crippen LogP contribution in [0.5, 0.6) is 0 Å². The Morgan fingerprint density at radius 3 is 2.50 bits per heavy atom. The molecule has 1 saturated carbocycles. The number of rotatable bonds is 2. The number of hydrogen-bond donors (Lipinski definition) is 2. The average molecular weight is 180 g/mol. The fourth-order valence-electron chi connectivity index (χ4n) is 1.46. The normalized spacial score (nSPS) is 30.1. The van der Waals surface area contributed by atoms with Gasteiger partial charge in [0.25, 0.3) is 0 Å². The Balaban J connectivity index is 2.52. The van der Waals surface area contributed by atoms with Gasteiger partial charge < -0.3 is 10.2 Å². The number of alkyl halides is 2. The van der Waals surface area contributed by atoms with Crippen LogP contribution in [0.25, 0.3) is 0 Å². The van der Waals surface area contributed by atoms with E-state index < -0.39 is 30.3 Å². The maximum Gasteiger partial charge on any atom is 0.332 e. The molecule has 1 aliphatic carbocycles. The highest BCUT2D eigenvalue weighted by molar-refractivity contribution is 5.72. The van der Waals surface area contributed by atoms with Gasteiger partial charge in [-0.1, -0.05) is 0 Å². The Bertz CT molecular complexity index is 193. The molecule has 0 aliphatic heterocycles. The molecule has 0 amide bonds. The molecule has 0 radical (unpaired) electrons. The van der Waals surface area contributed by atoms with E-state index >= 15 is 0 Å². The maximum atomic E-state index is 12.5. The first-order chi connectivity index (χ1) is 5.42. The van der Waals surface area contributed by atoms with Gasteiger partial charge in [-0.2, -0.15) is 0 Å². The third kappa shape index (κ3) is 1.91. The summed E-state index contributed by atoms with van der Waals surface area (Å²) in [5, 5.41) is 17.2. The van der Waals surface area contributed by atoms with Crippen LogP contribution < -0.4 is 0 Å². The number of aliphatic hydroxyl groups is 1. The van der Waals surface area contributed by atoms with E-state index in [2.05, 4.69) is 0 Å². The molecule has 0 spiro atoms. The molecule has 1 rings (SSSR count). The van der Waals surface area contributed by atoms with Gasteiger partial charge in [0, 0.05) is 18.8 Å². The third-order valence-electron chi connectivity index (χ3n) is 2.14. The van der Waals surface area contributed by atoms with Crippen molar-refractivity contribution in [3.8, 4) is 0 Å². The van der Waals surface area contributed by atoms with Crippen molar-refractivity contribution >= 4 is 5.97 Å². The summed E-state index contributed by atoms with van der Waals surface area (Å²) >= 11 is 0. The molecule has 1 aliphatic rings. The summed E-state index contributed by atoms with van der Waals surface area (Å²) in [4.78, 5) is 10.2. The number of carboxylic acids is 1. The number of halogens is 2. The summed E-state index contributed by atoms with van der Waals surface area (Å²) in [6.45, 7) is 0. The molecule has 12 heavy (non-hydrogen) atoms. The van der Waals surface area contributed by atoms with Gasteiger partial charge in [-0.15, -0.1) is 0 Å². The van der Waals surface area contributed by atoms with Crippen molar-refractivity contribution in [1.29, 1.82) is 0 Å². The summed E-state index contributed by atoms with van der Waals surface area (Å²) in [5.74, 6) is -5.00. The maximum absolute atomic E-state index is 12.5. The van der Waals surface area contributed by atoms with Gasteiger partial charge in [0.1, 0.15) is 0 Å². The molecule has 0 aromatic carbocycles. The van der Waals surface area contributed by atoms with E-state index in [1.165, 1.54) is 0 Å². The van der Waals surface area contributed by atoms with Crippen molar-refractivity contribution in [3.63, 3.8) is 0 Å². The molecule has 70 valence electrons. The predicted molar refractivity (Wildman–Crippen MR) is 35.9 cm³/mol. The topological polar surface area (TPSA) is 57.5 Å². The summed E-state index contributed by atoms with van der Waals surface area (Å²) in [6.07, 6.45) is -2.39. The largest absolute Gasteiger partial charge is 0.479 e. The molecule has 0 aromatic rings. The van der Waals surface area contributed by atoms with Gasteiger partial charge >= 0.3 is 5.97 Å². The Morgan fingerprint density at radius 1 is 1.58 bits per heavy atom. The molecule has 2 unspecified atom stereocenters. The Labute approximate surface area is 68.0 Å². The van der Waals surface area contributed by atoms with Gasteiger partial charge in [-0.25, -0.2) is 13.6 Å². The molecule has 5 heteroatoms. The van der Waals surface area contributed by atoms with Crippen molar-refractivity contribution in [1.82, 2.24) is 0 Å². The predicted octanol–water partition coefficient (Wildman–Crippen LogP) is 0.867. The summed E-state index contributed by atoms with van der Waals surface area (Å²) < 4.78 is 25.0. The van der Waals surface area contributed by atoms with Gasteiger partial charge in [0.05, 0.1) is 0 Å². The second kappa shape index (κ2) is 2.97. The van der Waals surface area contributed by atoms with Crippen LogP contribution in [0.2, 0.25) is 0 Å². The van der Waals surface area contributed by atoms with Crippen molar-refractivity contribution in [2.75, 3.05) is 0 Å². The smallest absolute Gasteiger partial charge is 0.332 e. The lowest BCUT2D eigenvalue weighted by Gasteiger charge is -2.13. The summed E-state index contributed by atoms with van der Waals surface area (Å²) in [7, 11) is 0. The minimum Gasteiger partial charge on any atom is -0.479 e. The van der Waals surface area contributed by atoms with Crippen LogP contribution >= 0.6 is 0 Å². The molecular formula is C7H10F2O3. The number of aliphatic hydroxyl groups excluding tert-OH is 1. The fraction of sp³-hybridized carbons (Fsp3) is 0.857. The van der Waals surface area contributed by atoms with Crippen molar-refractivity contribution in [2.24, 2.45) is 5.92 Å². The second-order valence-corrected chi connectivity index (χ2v) is 3.14. The standard InChI is InChI=1S/C7H10F2O3/c8-7(9)2-1-4(3-7)5(10)6(11)12/h4-5,10H,1-3H2,(H,11,12). The minimum absolute atomic E-state index is 0.0838. The van der Waals surface area contributed by atoms with E-state index in [4.69, 9.17) is 10.2 Å². The highest BCUT2D eigenvalue weighted by atomic mass is 19.3. The van der Waals surface area contributed by atoms with Gasteiger partial charge in [0.15, 0.2) is 6.10 Å². The van der Waals surface area contributed by atoms with Crippen LogP contribution in [0.1, 0.15) is 19.3 Å². The van der Waals surface area contributed by atoms with Crippen LogP contribution in [0.3, 0.4) is 0 Å².